The molecule has 0 spiro atoms. The molecule has 0 aliphatic rings. The standard InChI is InChI=1S/C13H14B2O5/c16-14(17)11-6-4-10(5-7-11)9-20-13-3-1-2-12(8-13)15(18)19/h1-8,16-19H,9H2. The molecule has 0 atom stereocenters. The molecule has 0 aliphatic carbocycles. The van der Waals surface area contributed by atoms with Crippen molar-refractivity contribution in [2.24, 2.45) is 0 Å². The van der Waals surface area contributed by atoms with Crippen LogP contribution >= 0.6 is 0 Å². The van der Waals surface area contributed by atoms with Crippen LogP contribution in [-0.4, -0.2) is 34.3 Å². The lowest BCUT2D eigenvalue weighted by Gasteiger charge is -2.08. The zero-order chi connectivity index (χ0) is 14.5. The SMILES string of the molecule is OB(O)c1ccc(COc2cccc(B(O)O)c2)cc1. The quantitative estimate of drug-likeness (QED) is 0.504. The lowest BCUT2D eigenvalue weighted by Crippen LogP contribution is -2.29. The second kappa shape index (κ2) is 6.58. The van der Waals surface area contributed by atoms with Crippen LogP contribution in [0.15, 0.2) is 48.5 Å². The van der Waals surface area contributed by atoms with Crippen LogP contribution in [0.4, 0.5) is 0 Å². The van der Waals surface area contributed by atoms with Crippen molar-refractivity contribution in [3.63, 3.8) is 0 Å². The zero-order valence-electron chi connectivity index (χ0n) is 10.7. The Hall–Kier alpha value is -1.79. The van der Waals surface area contributed by atoms with Crippen molar-refractivity contribution < 1.29 is 24.8 Å². The van der Waals surface area contributed by atoms with Crippen LogP contribution < -0.4 is 15.7 Å². The van der Waals surface area contributed by atoms with Crippen LogP contribution in [-0.2, 0) is 6.61 Å². The average molecular weight is 272 g/mol. The summed E-state index contributed by atoms with van der Waals surface area (Å²) in [6.45, 7) is 0.298. The first-order chi connectivity index (χ1) is 9.56. The van der Waals surface area contributed by atoms with E-state index in [1.54, 1.807) is 48.5 Å². The van der Waals surface area contributed by atoms with Crippen molar-refractivity contribution in [2.75, 3.05) is 0 Å². The van der Waals surface area contributed by atoms with Gasteiger partial charge in [-0.1, -0.05) is 36.4 Å². The highest BCUT2D eigenvalue weighted by Crippen LogP contribution is 2.10. The van der Waals surface area contributed by atoms with E-state index in [1.165, 1.54) is 0 Å². The molecule has 0 bridgehead atoms. The van der Waals surface area contributed by atoms with E-state index >= 15 is 0 Å². The van der Waals surface area contributed by atoms with Gasteiger partial charge in [-0.25, -0.2) is 0 Å². The van der Waals surface area contributed by atoms with Gasteiger partial charge in [0, 0.05) is 0 Å². The Labute approximate surface area is 117 Å². The molecule has 0 saturated heterocycles. The highest BCUT2D eigenvalue weighted by molar-refractivity contribution is 6.58. The van der Waals surface area contributed by atoms with Gasteiger partial charge in [0.15, 0.2) is 0 Å². The van der Waals surface area contributed by atoms with Crippen LogP contribution in [0.3, 0.4) is 0 Å². The molecule has 0 amide bonds. The van der Waals surface area contributed by atoms with E-state index in [4.69, 9.17) is 24.8 Å². The van der Waals surface area contributed by atoms with Crippen molar-refractivity contribution in [1.29, 1.82) is 0 Å². The van der Waals surface area contributed by atoms with Gasteiger partial charge < -0.3 is 24.8 Å². The maximum Gasteiger partial charge on any atom is 0.488 e. The van der Waals surface area contributed by atoms with E-state index in [0.29, 0.717) is 23.3 Å². The van der Waals surface area contributed by atoms with Crippen molar-refractivity contribution in [3.8, 4) is 5.75 Å². The minimum Gasteiger partial charge on any atom is -0.489 e. The summed E-state index contributed by atoms with van der Waals surface area (Å²) < 4.78 is 5.54. The minimum absolute atomic E-state index is 0.298. The molecule has 0 heterocycles. The van der Waals surface area contributed by atoms with E-state index in [-0.39, 0.29) is 0 Å². The van der Waals surface area contributed by atoms with Crippen molar-refractivity contribution >= 4 is 25.2 Å². The predicted octanol–water partition coefficient (Wildman–Crippen LogP) is -1.37. The molecule has 102 valence electrons. The molecule has 0 radical (unpaired) electrons. The molecular formula is C13H14B2O5. The maximum absolute atomic E-state index is 9.07. The topological polar surface area (TPSA) is 90.2 Å². The van der Waals surface area contributed by atoms with Gasteiger partial charge in [-0.3, -0.25) is 0 Å². The first kappa shape index (κ1) is 14.6. The number of ether oxygens (including phenoxy) is 1. The van der Waals surface area contributed by atoms with E-state index in [1.807, 2.05) is 0 Å². The fourth-order valence-corrected chi connectivity index (χ4v) is 1.72. The molecule has 5 nitrogen and oxygen atoms in total. The molecule has 2 aromatic rings. The summed E-state index contributed by atoms with van der Waals surface area (Å²) >= 11 is 0. The second-order valence-corrected chi connectivity index (χ2v) is 4.35. The Bertz CT molecular complexity index is 557. The highest BCUT2D eigenvalue weighted by Gasteiger charge is 2.12. The van der Waals surface area contributed by atoms with Gasteiger partial charge in [-0.15, -0.1) is 0 Å². The van der Waals surface area contributed by atoms with Gasteiger partial charge in [0.1, 0.15) is 12.4 Å². The summed E-state index contributed by atoms with van der Waals surface area (Å²) in [6.07, 6.45) is 0. The first-order valence-electron chi connectivity index (χ1n) is 6.10. The van der Waals surface area contributed by atoms with Crippen LogP contribution in [0.5, 0.6) is 5.75 Å². The number of hydrogen-bond acceptors (Lipinski definition) is 5. The van der Waals surface area contributed by atoms with E-state index in [9.17, 15) is 0 Å². The van der Waals surface area contributed by atoms with Crippen LogP contribution in [0.2, 0.25) is 0 Å². The molecule has 0 fully saturated rings. The van der Waals surface area contributed by atoms with Crippen LogP contribution in [0.1, 0.15) is 5.56 Å². The summed E-state index contributed by atoms with van der Waals surface area (Å²) in [5.74, 6) is 0.530. The van der Waals surface area contributed by atoms with Gasteiger partial charge in [-0.05, 0) is 28.6 Å². The molecule has 0 saturated carbocycles. The molecule has 0 unspecified atom stereocenters. The van der Waals surface area contributed by atoms with E-state index in [0.717, 1.165) is 5.56 Å². The predicted molar refractivity (Wildman–Crippen MR) is 76.9 cm³/mol. The summed E-state index contributed by atoms with van der Waals surface area (Å²) in [6, 6.07) is 13.2. The summed E-state index contributed by atoms with van der Waals surface area (Å²) in [4.78, 5) is 0. The van der Waals surface area contributed by atoms with Gasteiger partial charge in [0.05, 0.1) is 0 Å². The Morgan fingerprint density at radius 2 is 1.45 bits per heavy atom. The molecule has 0 aromatic heterocycles. The van der Waals surface area contributed by atoms with Crippen molar-refractivity contribution in [2.45, 2.75) is 6.61 Å². The van der Waals surface area contributed by atoms with Gasteiger partial charge in [0.25, 0.3) is 0 Å². The third kappa shape index (κ3) is 3.85. The highest BCUT2D eigenvalue weighted by atomic mass is 16.5. The molecular weight excluding hydrogens is 258 g/mol. The largest absolute Gasteiger partial charge is 0.489 e. The van der Waals surface area contributed by atoms with Crippen molar-refractivity contribution in [1.82, 2.24) is 0 Å². The average Bonchev–Trinajstić information content (AvgIpc) is 2.46. The number of benzene rings is 2. The Kier molecular flexibility index (Phi) is 4.81. The maximum atomic E-state index is 9.07. The van der Waals surface area contributed by atoms with Crippen LogP contribution in [0, 0.1) is 0 Å². The zero-order valence-corrected chi connectivity index (χ0v) is 10.7. The smallest absolute Gasteiger partial charge is 0.488 e. The summed E-state index contributed by atoms with van der Waals surface area (Å²) in [5, 5.41) is 36.1. The number of hydrogen-bond donors (Lipinski definition) is 4. The Morgan fingerprint density at radius 1 is 0.800 bits per heavy atom. The Balaban J connectivity index is 1.99. The van der Waals surface area contributed by atoms with Gasteiger partial charge in [0.2, 0.25) is 0 Å². The van der Waals surface area contributed by atoms with Gasteiger partial charge in [-0.2, -0.15) is 0 Å². The molecule has 7 heteroatoms. The van der Waals surface area contributed by atoms with E-state index < -0.39 is 14.2 Å². The molecule has 2 aromatic carbocycles. The van der Waals surface area contributed by atoms with Crippen LogP contribution in [0.25, 0.3) is 0 Å². The minimum atomic E-state index is -1.52. The molecule has 0 aliphatic heterocycles. The lowest BCUT2D eigenvalue weighted by atomic mass is 9.80. The first-order valence-corrected chi connectivity index (χ1v) is 6.10. The third-order valence-corrected chi connectivity index (χ3v) is 2.84. The summed E-state index contributed by atoms with van der Waals surface area (Å²) in [5.41, 5.74) is 1.64. The van der Waals surface area contributed by atoms with E-state index in [2.05, 4.69) is 0 Å². The molecule has 4 N–H and O–H groups in total. The van der Waals surface area contributed by atoms with Gasteiger partial charge >= 0.3 is 14.2 Å². The fraction of sp³-hybridized carbons (Fsp3) is 0.0769. The molecule has 20 heavy (non-hydrogen) atoms. The lowest BCUT2D eigenvalue weighted by molar-refractivity contribution is 0.306. The normalized spacial score (nSPS) is 10.2. The monoisotopic (exact) mass is 272 g/mol. The fourth-order valence-electron chi connectivity index (χ4n) is 1.72. The van der Waals surface area contributed by atoms with Crippen molar-refractivity contribution in [3.05, 3.63) is 54.1 Å². The third-order valence-electron chi connectivity index (χ3n) is 2.84. The second-order valence-electron chi connectivity index (χ2n) is 4.35. The Morgan fingerprint density at radius 3 is 2.05 bits per heavy atom. The summed E-state index contributed by atoms with van der Waals surface area (Å²) in [7, 11) is -3.00. The molecule has 2 rings (SSSR count). The number of rotatable bonds is 5.